The lowest BCUT2D eigenvalue weighted by atomic mass is 10.1. The summed E-state index contributed by atoms with van der Waals surface area (Å²) in [7, 11) is 0. The number of thioether (sulfide) groups is 1. The van der Waals surface area contributed by atoms with Gasteiger partial charge in [-0.3, -0.25) is 9.59 Å². The summed E-state index contributed by atoms with van der Waals surface area (Å²) in [5.74, 6) is 0.528. The van der Waals surface area contributed by atoms with Crippen LogP contribution in [0.3, 0.4) is 0 Å². The minimum absolute atomic E-state index is 0.0805. The minimum Gasteiger partial charge on any atom is -0.351 e. The van der Waals surface area contributed by atoms with Gasteiger partial charge in [-0.2, -0.15) is 0 Å². The number of H-pyrrole nitrogens is 1. The molecule has 0 aliphatic heterocycles. The molecule has 5 nitrogen and oxygen atoms in total. The third-order valence-electron chi connectivity index (χ3n) is 4.40. The van der Waals surface area contributed by atoms with E-state index in [1.807, 2.05) is 35.7 Å². The van der Waals surface area contributed by atoms with Crippen LogP contribution in [0.5, 0.6) is 0 Å². The molecule has 0 spiro atoms. The Morgan fingerprint density at radius 3 is 2.83 bits per heavy atom. The molecule has 0 saturated carbocycles. The van der Waals surface area contributed by atoms with Gasteiger partial charge in [-0.05, 0) is 27.8 Å². The summed E-state index contributed by atoms with van der Waals surface area (Å²) in [5, 5.41) is 7.73. The number of aromatic amines is 1. The normalized spacial score (nSPS) is 10.9. The van der Waals surface area contributed by atoms with Gasteiger partial charge in [0.25, 0.3) is 5.56 Å². The van der Waals surface area contributed by atoms with Crippen LogP contribution in [0.2, 0.25) is 0 Å². The van der Waals surface area contributed by atoms with Crippen LogP contribution >= 0.6 is 23.1 Å². The van der Waals surface area contributed by atoms with E-state index in [-0.39, 0.29) is 17.9 Å². The minimum atomic E-state index is -0.249. The summed E-state index contributed by atoms with van der Waals surface area (Å²) in [6.07, 6.45) is 0.0805. The Balaban J connectivity index is 1.42. The van der Waals surface area contributed by atoms with Crippen LogP contribution in [0.4, 0.5) is 0 Å². The number of benzene rings is 2. The maximum absolute atomic E-state index is 12.2. The van der Waals surface area contributed by atoms with Crippen LogP contribution in [0.15, 0.2) is 76.0 Å². The summed E-state index contributed by atoms with van der Waals surface area (Å²) in [6.45, 7) is 0.488. The van der Waals surface area contributed by atoms with Crippen molar-refractivity contribution in [3.8, 4) is 0 Å². The van der Waals surface area contributed by atoms with E-state index in [4.69, 9.17) is 0 Å². The number of rotatable bonds is 7. The molecule has 2 heterocycles. The molecule has 0 aliphatic carbocycles. The number of amides is 1. The first-order valence-corrected chi connectivity index (χ1v) is 11.0. The Hall–Kier alpha value is -2.90. The Morgan fingerprint density at radius 1 is 1.10 bits per heavy atom. The summed E-state index contributed by atoms with van der Waals surface area (Å²) in [4.78, 5) is 32.5. The van der Waals surface area contributed by atoms with Crippen LogP contribution in [0.25, 0.3) is 10.8 Å². The summed E-state index contributed by atoms with van der Waals surface area (Å²) >= 11 is 3.05. The largest absolute Gasteiger partial charge is 0.351 e. The van der Waals surface area contributed by atoms with E-state index in [1.165, 1.54) is 34.2 Å². The molecule has 0 aliphatic rings. The zero-order valence-corrected chi connectivity index (χ0v) is 17.2. The number of carbonyl (C=O) groups is 1. The second-order valence-electron chi connectivity index (χ2n) is 6.50. The van der Waals surface area contributed by atoms with Gasteiger partial charge in [0, 0.05) is 16.7 Å². The fraction of sp³-hybridized carbons (Fsp3) is 0.136. The standard InChI is InChI=1S/C22H19N3O2S2/c26-20(23-13-18-8-4-10-28-18)11-17-12-21(27)25-22(24-17)29-14-16-7-3-6-15-5-1-2-9-19(15)16/h1-10,12H,11,13-14H2,(H,23,26)(H,24,25,27). The van der Waals surface area contributed by atoms with Gasteiger partial charge < -0.3 is 10.3 Å². The Bertz CT molecular complexity index is 1180. The highest BCUT2D eigenvalue weighted by atomic mass is 32.2. The Kier molecular flexibility index (Phi) is 6.07. The van der Waals surface area contributed by atoms with Crippen molar-refractivity contribution in [1.29, 1.82) is 0 Å². The number of nitrogens with one attached hydrogen (secondary N) is 2. The first kappa shape index (κ1) is 19.4. The van der Waals surface area contributed by atoms with E-state index < -0.39 is 0 Å². The molecule has 29 heavy (non-hydrogen) atoms. The monoisotopic (exact) mass is 421 g/mol. The number of aromatic nitrogens is 2. The molecule has 0 radical (unpaired) electrons. The molecule has 0 bridgehead atoms. The third kappa shape index (κ3) is 5.13. The van der Waals surface area contributed by atoms with Crippen molar-refractivity contribution in [3.63, 3.8) is 0 Å². The van der Waals surface area contributed by atoms with Crippen molar-refractivity contribution in [3.05, 3.63) is 92.5 Å². The predicted octanol–water partition coefficient (Wildman–Crippen LogP) is 4.14. The van der Waals surface area contributed by atoms with E-state index in [0.29, 0.717) is 23.1 Å². The number of hydrogen-bond acceptors (Lipinski definition) is 5. The number of fused-ring (bicyclic) bond motifs is 1. The van der Waals surface area contributed by atoms with Crippen molar-refractivity contribution >= 4 is 39.8 Å². The Labute approximate surface area is 176 Å². The van der Waals surface area contributed by atoms with E-state index in [2.05, 4.69) is 39.6 Å². The van der Waals surface area contributed by atoms with Crippen LogP contribution in [-0.4, -0.2) is 15.9 Å². The number of hydrogen-bond donors (Lipinski definition) is 2. The zero-order chi connectivity index (χ0) is 20.1. The van der Waals surface area contributed by atoms with Crippen molar-refractivity contribution in [2.75, 3.05) is 0 Å². The third-order valence-corrected chi connectivity index (χ3v) is 6.20. The molecule has 4 rings (SSSR count). The number of thiophene rings is 1. The van der Waals surface area contributed by atoms with Crippen LogP contribution in [0, 0.1) is 0 Å². The van der Waals surface area contributed by atoms with Crippen LogP contribution < -0.4 is 10.9 Å². The lowest BCUT2D eigenvalue weighted by Gasteiger charge is -2.07. The van der Waals surface area contributed by atoms with Crippen molar-refractivity contribution < 1.29 is 4.79 Å². The van der Waals surface area contributed by atoms with Gasteiger partial charge in [0.05, 0.1) is 18.7 Å². The fourth-order valence-electron chi connectivity index (χ4n) is 3.03. The lowest BCUT2D eigenvalue weighted by Crippen LogP contribution is -2.25. The molecular weight excluding hydrogens is 402 g/mol. The van der Waals surface area contributed by atoms with E-state index in [0.717, 1.165) is 4.88 Å². The van der Waals surface area contributed by atoms with Crippen LogP contribution in [-0.2, 0) is 23.5 Å². The van der Waals surface area contributed by atoms with Crippen molar-refractivity contribution in [2.45, 2.75) is 23.9 Å². The molecule has 0 fully saturated rings. The summed E-state index contributed by atoms with van der Waals surface area (Å²) in [6, 6.07) is 19.7. The highest BCUT2D eigenvalue weighted by Crippen LogP contribution is 2.25. The smallest absolute Gasteiger partial charge is 0.251 e. The molecular formula is C22H19N3O2S2. The van der Waals surface area contributed by atoms with Gasteiger partial charge in [-0.15, -0.1) is 11.3 Å². The molecule has 7 heteroatoms. The van der Waals surface area contributed by atoms with Crippen molar-refractivity contribution in [2.24, 2.45) is 0 Å². The average molecular weight is 422 g/mol. The fourth-order valence-corrected chi connectivity index (χ4v) is 4.58. The van der Waals surface area contributed by atoms with E-state index in [1.54, 1.807) is 11.3 Å². The van der Waals surface area contributed by atoms with Crippen LogP contribution in [0.1, 0.15) is 16.1 Å². The molecule has 0 atom stereocenters. The predicted molar refractivity (Wildman–Crippen MR) is 118 cm³/mol. The molecule has 2 aromatic carbocycles. The number of carbonyl (C=O) groups excluding carboxylic acids is 1. The van der Waals surface area contributed by atoms with Gasteiger partial charge in [0.2, 0.25) is 5.91 Å². The Morgan fingerprint density at radius 2 is 1.97 bits per heavy atom. The quantitative estimate of drug-likeness (QED) is 0.347. The first-order chi connectivity index (χ1) is 14.2. The van der Waals surface area contributed by atoms with E-state index >= 15 is 0 Å². The maximum Gasteiger partial charge on any atom is 0.251 e. The molecule has 4 aromatic rings. The second-order valence-corrected chi connectivity index (χ2v) is 8.50. The molecule has 2 N–H and O–H groups in total. The lowest BCUT2D eigenvalue weighted by molar-refractivity contribution is -0.120. The maximum atomic E-state index is 12.2. The first-order valence-electron chi connectivity index (χ1n) is 9.16. The molecule has 0 saturated heterocycles. The molecule has 1 amide bonds. The van der Waals surface area contributed by atoms with Gasteiger partial charge in [-0.1, -0.05) is 60.3 Å². The van der Waals surface area contributed by atoms with Gasteiger partial charge >= 0.3 is 0 Å². The molecule has 0 unspecified atom stereocenters. The summed E-state index contributed by atoms with van der Waals surface area (Å²) in [5.41, 5.74) is 1.40. The molecule has 2 aromatic heterocycles. The molecule has 146 valence electrons. The second kappa shape index (κ2) is 9.07. The summed E-state index contributed by atoms with van der Waals surface area (Å²) < 4.78 is 0. The van der Waals surface area contributed by atoms with Gasteiger partial charge in [-0.25, -0.2) is 4.98 Å². The number of nitrogens with zero attached hydrogens (tertiary/aromatic N) is 1. The topological polar surface area (TPSA) is 74.8 Å². The van der Waals surface area contributed by atoms with Gasteiger partial charge in [0.15, 0.2) is 5.16 Å². The van der Waals surface area contributed by atoms with Crippen molar-refractivity contribution in [1.82, 2.24) is 15.3 Å². The highest BCUT2D eigenvalue weighted by Gasteiger charge is 2.09. The SMILES string of the molecule is O=C(Cc1cc(=O)[nH]c(SCc2cccc3ccccc23)n1)NCc1cccs1. The average Bonchev–Trinajstić information content (AvgIpc) is 3.24. The zero-order valence-electron chi connectivity index (χ0n) is 15.6. The van der Waals surface area contributed by atoms with E-state index in [9.17, 15) is 9.59 Å². The van der Waals surface area contributed by atoms with Gasteiger partial charge in [0.1, 0.15) is 0 Å². The highest BCUT2D eigenvalue weighted by molar-refractivity contribution is 7.98.